The van der Waals surface area contributed by atoms with Crippen LogP contribution in [0, 0.1) is 0 Å². The number of carbonyl (C=O) groups is 1. The predicted octanol–water partition coefficient (Wildman–Crippen LogP) is 0.749. The van der Waals surface area contributed by atoms with E-state index in [0.29, 0.717) is 13.1 Å². The molecule has 0 aliphatic carbocycles. The Kier molecular flexibility index (Phi) is 3.98. The van der Waals surface area contributed by atoms with Crippen LogP contribution in [0.5, 0.6) is 0 Å². The van der Waals surface area contributed by atoms with Gasteiger partial charge >= 0.3 is 6.09 Å². The Morgan fingerprint density at radius 2 is 2.46 bits per heavy atom. The van der Waals surface area contributed by atoms with Gasteiger partial charge in [0.05, 0.1) is 12.6 Å². The van der Waals surface area contributed by atoms with Gasteiger partial charge in [-0.3, -0.25) is 0 Å². The topological polar surface area (TPSA) is 59.0 Å². The fourth-order valence-electron chi connectivity index (χ4n) is 1.41. The van der Waals surface area contributed by atoms with Crippen LogP contribution in [0.4, 0.5) is 4.79 Å². The van der Waals surface area contributed by atoms with Crippen LogP contribution in [0.15, 0.2) is 0 Å². The Morgan fingerprint density at radius 3 is 3.08 bits per heavy atom. The number of nitrogens with zero attached hydrogens (tertiary/aromatic N) is 1. The number of hydrogen-bond acceptors (Lipinski definition) is 3. The van der Waals surface area contributed by atoms with E-state index in [2.05, 4.69) is 0 Å². The fraction of sp³-hybridized carbons (Fsp3) is 0.875. The first-order valence-corrected chi connectivity index (χ1v) is 4.32. The fourth-order valence-corrected chi connectivity index (χ4v) is 1.41. The summed E-state index contributed by atoms with van der Waals surface area (Å²) in [6.07, 6.45) is 0.892. The van der Waals surface area contributed by atoms with E-state index in [1.807, 2.05) is 0 Å². The van der Waals surface area contributed by atoms with Crippen molar-refractivity contribution in [2.75, 3.05) is 27.0 Å². The highest BCUT2D eigenvalue weighted by atomic mass is 16.7. The highest BCUT2D eigenvalue weighted by Crippen LogP contribution is 2.12. The molecule has 5 nitrogen and oxygen atoms in total. The summed E-state index contributed by atoms with van der Waals surface area (Å²) < 4.78 is 10.0. The van der Waals surface area contributed by atoms with Crippen LogP contribution in [0.3, 0.4) is 0 Å². The number of hydrogen-bond donors (Lipinski definition) is 1. The molecule has 1 atom stereocenters. The number of carboxylic acid groups (broad SMARTS) is 1. The van der Waals surface area contributed by atoms with E-state index in [4.69, 9.17) is 14.6 Å². The molecule has 0 saturated carbocycles. The minimum absolute atomic E-state index is 0.00944. The van der Waals surface area contributed by atoms with Gasteiger partial charge in [0, 0.05) is 13.7 Å². The standard InChI is InChI=1S/C8H15NO4/c1-12-6-13-7-3-2-4-9(5-7)8(10)11/h7H,2-6H2,1H3,(H,10,11). The van der Waals surface area contributed by atoms with Crippen molar-refractivity contribution in [3.63, 3.8) is 0 Å². The van der Waals surface area contributed by atoms with Gasteiger partial charge in [-0.25, -0.2) is 4.79 Å². The number of amides is 1. The van der Waals surface area contributed by atoms with Crippen molar-refractivity contribution in [1.82, 2.24) is 4.90 Å². The molecule has 1 saturated heterocycles. The average Bonchev–Trinajstić information content (AvgIpc) is 2.15. The van der Waals surface area contributed by atoms with E-state index < -0.39 is 6.09 Å². The van der Waals surface area contributed by atoms with Gasteiger partial charge in [0.25, 0.3) is 0 Å². The van der Waals surface area contributed by atoms with E-state index in [1.54, 1.807) is 7.11 Å². The SMILES string of the molecule is COCOC1CCCN(C(=O)O)C1. The van der Waals surface area contributed by atoms with Gasteiger partial charge in [-0.2, -0.15) is 0 Å². The van der Waals surface area contributed by atoms with Gasteiger partial charge in [0.15, 0.2) is 0 Å². The number of rotatable bonds is 3. The zero-order chi connectivity index (χ0) is 9.68. The summed E-state index contributed by atoms with van der Waals surface area (Å²) in [4.78, 5) is 12.0. The molecular formula is C8H15NO4. The summed E-state index contributed by atoms with van der Waals surface area (Å²) >= 11 is 0. The molecule has 0 spiro atoms. The number of ether oxygens (including phenoxy) is 2. The van der Waals surface area contributed by atoms with Crippen molar-refractivity contribution in [2.45, 2.75) is 18.9 Å². The molecule has 13 heavy (non-hydrogen) atoms. The maximum Gasteiger partial charge on any atom is 0.407 e. The van der Waals surface area contributed by atoms with Crippen LogP contribution < -0.4 is 0 Å². The first-order valence-electron chi connectivity index (χ1n) is 4.32. The Bertz CT molecular complexity index is 174. The van der Waals surface area contributed by atoms with Crippen LogP contribution in [0.2, 0.25) is 0 Å². The van der Waals surface area contributed by atoms with Crippen LogP contribution in [-0.2, 0) is 9.47 Å². The van der Waals surface area contributed by atoms with Crippen molar-refractivity contribution in [3.05, 3.63) is 0 Å². The van der Waals surface area contributed by atoms with E-state index in [0.717, 1.165) is 12.8 Å². The molecule has 0 aromatic rings. The van der Waals surface area contributed by atoms with Gasteiger partial charge in [-0.05, 0) is 12.8 Å². The minimum atomic E-state index is -0.870. The lowest BCUT2D eigenvalue weighted by atomic mass is 10.1. The maximum atomic E-state index is 10.6. The van der Waals surface area contributed by atoms with Gasteiger partial charge in [0.2, 0.25) is 0 Å². The molecule has 1 fully saturated rings. The minimum Gasteiger partial charge on any atom is -0.465 e. The molecule has 1 rings (SSSR count). The average molecular weight is 189 g/mol. The smallest absolute Gasteiger partial charge is 0.407 e. The highest BCUT2D eigenvalue weighted by Gasteiger charge is 2.23. The molecule has 0 bridgehead atoms. The summed E-state index contributed by atoms with van der Waals surface area (Å²) in [6, 6.07) is 0. The van der Waals surface area contributed by atoms with Crippen molar-refractivity contribution < 1.29 is 19.4 Å². The molecule has 1 N–H and O–H groups in total. The molecule has 1 aliphatic heterocycles. The molecule has 5 heteroatoms. The molecule has 0 aromatic carbocycles. The Labute approximate surface area is 77.2 Å². The molecule has 1 unspecified atom stereocenters. The zero-order valence-electron chi connectivity index (χ0n) is 7.73. The normalized spacial score (nSPS) is 23.2. The zero-order valence-corrected chi connectivity index (χ0v) is 7.73. The highest BCUT2D eigenvalue weighted by molar-refractivity contribution is 5.65. The van der Waals surface area contributed by atoms with Crippen LogP contribution >= 0.6 is 0 Å². The molecule has 1 heterocycles. The predicted molar refractivity (Wildman–Crippen MR) is 45.6 cm³/mol. The lowest BCUT2D eigenvalue weighted by Gasteiger charge is -2.30. The second kappa shape index (κ2) is 5.04. The molecule has 1 amide bonds. The second-order valence-corrected chi connectivity index (χ2v) is 3.07. The molecular weight excluding hydrogens is 174 g/mol. The monoisotopic (exact) mass is 189 g/mol. The lowest BCUT2D eigenvalue weighted by Crippen LogP contribution is -2.42. The van der Waals surface area contributed by atoms with Crippen LogP contribution in [0.1, 0.15) is 12.8 Å². The van der Waals surface area contributed by atoms with Crippen LogP contribution in [0.25, 0.3) is 0 Å². The van der Waals surface area contributed by atoms with Crippen LogP contribution in [-0.4, -0.2) is 49.2 Å². The number of piperidine rings is 1. The summed E-state index contributed by atoms with van der Waals surface area (Å²) in [5.41, 5.74) is 0. The van der Waals surface area contributed by atoms with Gasteiger partial charge in [0.1, 0.15) is 6.79 Å². The van der Waals surface area contributed by atoms with Gasteiger partial charge in [-0.15, -0.1) is 0 Å². The van der Waals surface area contributed by atoms with E-state index in [-0.39, 0.29) is 12.9 Å². The number of likely N-dealkylation sites (tertiary alicyclic amines) is 1. The summed E-state index contributed by atoms with van der Waals surface area (Å²) in [5, 5.41) is 8.72. The largest absolute Gasteiger partial charge is 0.465 e. The maximum absolute atomic E-state index is 10.6. The van der Waals surface area contributed by atoms with E-state index >= 15 is 0 Å². The summed E-state index contributed by atoms with van der Waals surface area (Å²) in [7, 11) is 1.55. The Hall–Kier alpha value is -0.810. The molecule has 76 valence electrons. The quantitative estimate of drug-likeness (QED) is 0.665. The van der Waals surface area contributed by atoms with Crippen molar-refractivity contribution in [1.29, 1.82) is 0 Å². The third kappa shape index (κ3) is 3.20. The van der Waals surface area contributed by atoms with Gasteiger partial charge < -0.3 is 19.5 Å². The molecule has 0 aromatic heterocycles. The number of methoxy groups -OCH3 is 1. The van der Waals surface area contributed by atoms with Crippen molar-refractivity contribution in [3.8, 4) is 0 Å². The summed E-state index contributed by atoms with van der Waals surface area (Å²) in [6.45, 7) is 1.30. The summed E-state index contributed by atoms with van der Waals surface area (Å²) in [5.74, 6) is 0. The molecule has 0 radical (unpaired) electrons. The van der Waals surface area contributed by atoms with Gasteiger partial charge in [-0.1, -0.05) is 0 Å². The molecule has 1 aliphatic rings. The van der Waals surface area contributed by atoms with Crippen molar-refractivity contribution in [2.24, 2.45) is 0 Å². The first-order chi connectivity index (χ1) is 6.24. The van der Waals surface area contributed by atoms with E-state index in [1.165, 1.54) is 4.90 Å². The Balaban J connectivity index is 2.29. The van der Waals surface area contributed by atoms with E-state index in [9.17, 15) is 4.79 Å². The van der Waals surface area contributed by atoms with Crippen molar-refractivity contribution >= 4 is 6.09 Å². The third-order valence-electron chi connectivity index (χ3n) is 2.07. The second-order valence-electron chi connectivity index (χ2n) is 3.07. The lowest BCUT2D eigenvalue weighted by molar-refractivity contribution is -0.0890. The Morgan fingerprint density at radius 1 is 1.69 bits per heavy atom. The third-order valence-corrected chi connectivity index (χ3v) is 2.07. The first kappa shape index (κ1) is 10.3.